The van der Waals surface area contributed by atoms with Crippen LogP contribution in [-0.4, -0.2) is 39.1 Å². The monoisotopic (exact) mass is 476 g/mol. The van der Waals surface area contributed by atoms with E-state index in [1.165, 1.54) is 18.4 Å². The largest absolute Gasteiger partial charge is 0.496 e. The molecule has 1 saturated carbocycles. The summed E-state index contributed by atoms with van der Waals surface area (Å²) in [6, 6.07) is 7.00. The fourth-order valence-corrected chi connectivity index (χ4v) is 4.18. The van der Waals surface area contributed by atoms with E-state index in [1.807, 2.05) is 11.4 Å². The maximum Gasteiger partial charge on any atom is 0.322 e. The third-order valence-electron chi connectivity index (χ3n) is 5.26. The van der Waals surface area contributed by atoms with Gasteiger partial charge in [0.1, 0.15) is 5.75 Å². The van der Waals surface area contributed by atoms with Gasteiger partial charge in [0.2, 0.25) is 12.3 Å². The zero-order chi connectivity index (χ0) is 23.5. The third-order valence-corrected chi connectivity index (χ3v) is 6.22. The minimum absolute atomic E-state index is 0.00579. The highest BCUT2D eigenvalue weighted by molar-refractivity contribution is 7.14. The number of rotatable bonds is 8. The van der Waals surface area contributed by atoms with Crippen LogP contribution in [-0.2, 0) is 4.79 Å². The van der Waals surface area contributed by atoms with Gasteiger partial charge in [0.25, 0.3) is 5.91 Å². The van der Waals surface area contributed by atoms with Gasteiger partial charge in [0.05, 0.1) is 47.0 Å². The van der Waals surface area contributed by atoms with Crippen LogP contribution in [0.15, 0.2) is 52.9 Å². The van der Waals surface area contributed by atoms with Crippen molar-refractivity contribution in [2.24, 2.45) is 5.92 Å². The van der Waals surface area contributed by atoms with Crippen LogP contribution in [0.5, 0.6) is 5.75 Å². The molecule has 10 nitrogen and oxygen atoms in total. The molecule has 0 bridgehead atoms. The van der Waals surface area contributed by atoms with Gasteiger partial charge in [-0.05, 0) is 37.0 Å². The second-order valence-corrected chi connectivity index (χ2v) is 8.71. The van der Waals surface area contributed by atoms with Gasteiger partial charge in [-0.25, -0.2) is 4.98 Å². The molecule has 3 heterocycles. The van der Waals surface area contributed by atoms with Gasteiger partial charge in [-0.1, -0.05) is 11.2 Å². The Bertz CT molecular complexity index is 1330. The second kappa shape index (κ2) is 9.40. The highest BCUT2D eigenvalue weighted by atomic mass is 32.1. The van der Waals surface area contributed by atoms with Gasteiger partial charge in [-0.3, -0.25) is 19.9 Å². The van der Waals surface area contributed by atoms with Crippen LogP contribution < -0.4 is 15.4 Å². The van der Waals surface area contributed by atoms with Crippen molar-refractivity contribution in [2.45, 2.75) is 19.3 Å². The Morgan fingerprint density at radius 3 is 2.79 bits per heavy atom. The number of anilines is 2. The first-order chi connectivity index (χ1) is 16.6. The van der Waals surface area contributed by atoms with E-state index in [-0.39, 0.29) is 11.9 Å². The lowest BCUT2D eigenvalue weighted by Gasteiger charge is -2.10. The Labute approximate surface area is 198 Å². The van der Waals surface area contributed by atoms with Crippen molar-refractivity contribution in [3.8, 4) is 27.6 Å². The number of hydrogen-bond donors (Lipinski definition) is 2. The summed E-state index contributed by atoms with van der Waals surface area (Å²) in [5.74, 6) is 0.497. The number of methoxy groups -OCH3 is 1. The first kappa shape index (κ1) is 21.7. The van der Waals surface area contributed by atoms with E-state index in [1.54, 1.807) is 30.6 Å². The number of ether oxygens (including phenoxy) is 1. The average Bonchev–Trinajstić information content (AvgIpc) is 3.30. The molecule has 0 unspecified atom stereocenters. The fourth-order valence-electron chi connectivity index (χ4n) is 3.39. The van der Waals surface area contributed by atoms with Crippen LogP contribution in [0.4, 0.5) is 11.7 Å². The zero-order valence-corrected chi connectivity index (χ0v) is 19.0. The number of carbonyl (C=O) groups excluding carboxylic acids is 2. The molecule has 0 spiro atoms. The molecule has 1 fully saturated rings. The van der Waals surface area contributed by atoms with Crippen molar-refractivity contribution >= 4 is 34.9 Å². The maximum atomic E-state index is 12.5. The first-order valence-corrected chi connectivity index (χ1v) is 11.4. The van der Waals surface area contributed by atoms with Crippen molar-refractivity contribution in [1.82, 2.24) is 20.2 Å². The molecule has 1 aliphatic carbocycles. The molecule has 34 heavy (non-hydrogen) atoms. The first-order valence-electron chi connectivity index (χ1n) is 10.6. The summed E-state index contributed by atoms with van der Waals surface area (Å²) >= 11 is 1.48. The van der Waals surface area contributed by atoms with Gasteiger partial charge >= 0.3 is 6.01 Å². The van der Waals surface area contributed by atoms with Crippen LogP contribution in [0.1, 0.15) is 29.6 Å². The predicted molar refractivity (Wildman–Crippen MR) is 126 cm³/mol. The van der Waals surface area contributed by atoms with E-state index in [9.17, 15) is 9.59 Å². The summed E-state index contributed by atoms with van der Waals surface area (Å²) in [7, 11) is 1.48. The number of thiophene rings is 1. The normalized spacial score (nSPS) is 12.9. The molecule has 1 aromatic carbocycles. The Hall–Kier alpha value is -4.12. The molecule has 172 valence electrons. The number of nitrogens with one attached hydrogen (secondary N) is 2. The number of benzene rings is 1. The Balaban J connectivity index is 1.34. The topological polar surface area (TPSA) is 132 Å². The molecule has 11 heteroatoms. The van der Waals surface area contributed by atoms with Crippen molar-refractivity contribution in [3.05, 3.63) is 54.0 Å². The van der Waals surface area contributed by atoms with Crippen molar-refractivity contribution in [1.29, 1.82) is 0 Å². The van der Waals surface area contributed by atoms with E-state index in [0.29, 0.717) is 35.0 Å². The summed E-state index contributed by atoms with van der Waals surface area (Å²) in [6.07, 6.45) is 7.29. The number of hydrogen-bond acceptors (Lipinski definition) is 9. The quantitative estimate of drug-likeness (QED) is 0.386. The van der Waals surface area contributed by atoms with E-state index in [4.69, 9.17) is 14.1 Å². The number of amides is 2. The smallest absolute Gasteiger partial charge is 0.322 e. The molecule has 3 aromatic heterocycles. The molecule has 2 amide bonds. The maximum absolute atomic E-state index is 12.5. The Kier molecular flexibility index (Phi) is 6.00. The van der Waals surface area contributed by atoms with Crippen LogP contribution in [0.3, 0.4) is 0 Å². The minimum Gasteiger partial charge on any atom is -0.496 e. The summed E-state index contributed by atoms with van der Waals surface area (Å²) < 4.78 is 10.4. The van der Waals surface area contributed by atoms with E-state index in [2.05, 4.69) is 25.8 Å². The van der Waals surface area contributed by atoms with Crippen LogP contribution >= 0.6 is 11.3 Å². The molecule has 0 aliphatic heterocycles. The summed E-state index contributed by atoms with van der Waals surface area (Å²) in [5.41, 5.74) is 3.10. The van der Waals surface area contributed by atoms with Crippen LogP contribution in [0.25, 0.3) is 21.8 Å². The van der Waals surface area contributed by atoms with Gasteiger partial charge < -0.3 is 14.5 Å². The number of carbonyl (C=O) groups is 2. The number of nitrogens with zero attached hydrogens (tertiary/aromatic N) is 4. The van der Waals surface area contributed by atoms with Crippen molar-refractivity contribution in [3.63, 3.8) is 0 Å². The molecule has 4 aromatic rings. The third kappa shape index (κ3) is 4.94. The molecule has 5 rings (SSSR count). The molecular weight excluding hydrogens is 456 g/mol. The standard InChI is InChI=1S/C23H20N6O4S/c1-32-19-7-14(4-5-16(19)22(31)28-23-29-25-12-33-23)17-9-24-10-18(27-17)20-8-15(11-34-20)26-21(30)6-13-2-3-13/h4-5,7-13H,2-3,6H2,1H3,(H,26,30)(H,28,29,31). The predicted octanol–water partition coefficient (Wildman–Crippen LogP) is 4.25. The highest BCUT2D eigenvalue weighted by Gasteiger charge is 2.24. The van der Waals surface area contributed by atoms with Crippen LogP contribution in [0.2, 0.25) is 0 Å². The van der Waals surface area contributed by atoms with E-state index < -0.39 is 5.91 Å². The van der Waals surface area contributed by atoms with Crippen molar-refractivity contribution in [2.75, 3.05) is 17.7 Å². The molecule has 2 N–H and O–H groups in total. The zero-order valence-electron chi connectivity index (χ0n) is 18.1. The molecule has 0 saturated heterocycles. The fraction of sp³-hybridized carbons (Fsp3) is 0.217. The Morgan fingerprint density at radius 2 is 2.03 bits per heavy atom. The average molecular weight is 477 g/mol. The summed E-state index contributed by atoms with van der Waals surface area (Å²) in [5, 5.41) is 14.5. The van der Waals surface area contributed by atoms with Gasteiger partial charge in [0, 0.05) is 17.4 Å². The molecule has 0 radical (unpaired) electrons. The van der Waals surface area contributed by atoms with Gasteiger partial charge in [0.15, 0.2) is 0 Å². The van der Waals surface area contributed by atoms with E-state index >= 15 is 0 Å². The van der Waals surface area contributed by atoms with E-state index in [0.717, 1.165) is 35.4 Å². The lowest BCUT2D eigenvalue weighted by molar-refractivity contribution is -0.116. The molecule has 0 atom stereocenters. The Morgan fingerprint density at radius 1 is 1.18 bits per heavy atom. The summed E-state index contributed by atoms with van der Waals surface area (Å²) in [4.78, 5) is 34.6. The lowest BCUT2D eigenvalue weighted by atomic mass is 10.1. The second-order valence-electron chi connectivity index (χ2n) is 7.80. The SMILES string of the molecule is COc1cc(-c2cncc(-c3cc(NC(=O)CC4CC4)cs3)n2)ccc1C(=O)Nc1nnco1. The molecule has 1 aliphatic rings. The minimum atomic E-state index is -0.442. The van der Waals surface area contributed by atoms with Crippen molar-refractivity contribution < 1.29 is 18.7 Å². The van der Waals surface area contributed by atoms with Crippen LogP contribution in [0, 0.1) is 5.92 Å². The summed E-state index contributed by atoms with van der Waals surface area (Å²) in [6.45, 7) is 0. The molecular formula is C23H20N6O4S. The van der Waals surface area contributed by atoms with Gasteiger partial charge in [-0.2, -0.15) is 0 Å². The highest BCUT2D eigenvalue weighted by Crippen LogP contribution is 2.34. The van der Waals surface area contributed by atoms with Gasteiger partial charge in [-0.15, -0.1) is 16.4 Å². The lowest BCUT2D eigenvalue weighted by Crippen LogP contribution is -2.13. The number of aromatic nitrogens is 4.